The Balaban J connectivity index is 1.50. The third-order valence-corrected chi connectivity index (χ3v) is 7.09. The van der Waals surface area contributed by atoms with Gasteiger partial charge in [-0.2, -0.15) is 0 Å². The number of halogens is 1. The molecule has 0 fully saturated rings. The summed E-state index contributed by atoms with van der Waals surface area (Å²) in [5.41, 5.74) is -0.736. The van der Waals surface area contributed by atoms with E-state index in [4.69, 9.17) is 11.6 Å². The van der Waals surface area contributed by atoms with Crippen LogP contribution < -0.4 is 10.6 Å². The molecular formula is C25H25ClN2O11. The van der Waals surface area contributed by atoms with Crippen molar-refractivity contribution < 1.29 is 55.9 Å². The quantitative estimate of drug-likeness (QED) is 0.107. The number of phenols is 7. The van der Waals surface area contributed by atoms with Gasteiger partial charge in [-0.05, 0) is 29.2 Å². The fourth-order valence-corrected chi connectivity index (χ4v) is 5.14. The molecule has 1 aliphatic rings. The van der Waals surface area contributed by atoms with Crippen LogP contribution in [0.3, 0.4) is 0 Å². The van der Waals surface area contributed by atoms with Crippen molar-refractivity contribution >= 4 is 23.3 Å². The van der Waals surface area contributed by atoms with E-state index in [2.05, 4.69) is 10.6 Å². The van der Waals surface area contributed by atoms with Crippen molar-refractivity contribution in [1.29, 1.82) is 0 Å². The number of carbonyl (C=O) groups is 1. The van der Waals surface area contributed by atoms with E-state index in [1.165, 1.54) is 24.3 Å². The summed E-state index contributed by atoms with van der Waals surface area (Å²) in [6.07, 6.45) is 0. The minimum atomic E-state index is -2.56. The van der Waals surface area contributed by atoms with Gasteiger partial charge in [-0.3, -0.25) is 0 Å². The SMILES string of the molecule is CC1c2c(Cl)c(O)c(O)c(O)c2C1CNCC(O)(O)Nc1cccc(-c2c(O)c(O)c(O)c(C(=O)O)c2O)c1. The van der Waals surface area contributed by atoms with Crippen LogP contribution in [0.25, 0.3) is 11.1 Å². The predicted molar refractivity (Wildman–Crippen MR) is 137 cm³/mol. The molecule has 0 spiro atoms. The van der Waals surface area contributed by atoms with Gasteiger partial charge < -0.3 is 61.7 Å². The van der Waals surface area contributed by atoms with Crippen LogP contribution in [0, 0.1) is 0 Å². The average molecular weight is 565 g/mol. The Morgan fingerprint density at radius 3 is 2.18 bits per heavy atom. The number of fused-ring (bicyclic) bond motifs is 1. The van der Waals surface area contributed by atoms with E-state index in [0.717, 1.165) is 0 Å². The van der Waals surface area contributed by atoms with E-state index in [-0.39, 0.29) is 34.7 Å². The van der Waals surface area contributed by atoms with Crippen LogP contribution in [0.5, 0.6) is 40.2 Å². The van der Waals surface area contributed by atoms with Crippen molar-refractivity contribution in [3.63, 3.8) is 0 Å². The van der Waals surface area contributed by atoms with Gasteiger partial charge in [0.1, 0.15) is 11.3 Å². The summed E-state index contributed by atoms with van der Waals surface area (Å²) in [5, 5.41) is 106. The predicted octanol–water partition coefficient (Wildman–Crippen LogP) is 2.19. The standard InChI is InChI=1S/C25H25ClN2O11/c1-8-11(14-12(8)16(26)21(33)23(35)19(14)31)6-27-7-25(38,39)28-10-4-2-3-9(5-10)13-17(29)15(24(36)37)20(32)22(34)18(13)30/h2-5,8,11,27-35,38-39H,6-7H2,1H3,(H,36,37). The minimum Gasteiger partial charge on any atom is -0.506 e. The normalized spacial score (nSPS) is 16.4. The molecule has 0 amide bonds. The zero-order valence-corrected chi connectivity index (χ0v) is 20.9. The van der Waals surface area contributed by atoms with E-state index < -0.39 is 69.8 Å². The van der Waals surface area contributed by atoms with Crippen molar-refractivity contribution in [1.82, 2.24) is 5.32 Å². The van der Waals surface area contributed by atoms with Gasteiger partial charge in [0.05, 0.1) is 17.1 Å². The monoisotopic (exact) mass is 564 g/mol. The summed E-state index contributed by atoms with van der Waals surface area (Å²) in [6, 6.07) is 5.33. The van der Waals surface area contributed by atoms with Gasteiger partial charge in [0.15, 0.2) is 23.0 Å². The van der Waals surface area contributed by atoms with E-state index in [0.29, 0.717) is 11.1 Å². The average Bonchev–Trinajstić information content (AvgIpc) is 2.85. The van der Waals surface area contributed by atoms with Crippen LogP contribution in [0.15, 0.2) is 24.3 Å². The van der Waals surface area contributed by atoms with Gasteiger partial charge in [0.2, 0.25) is 11.5 Å². The zero-order chi connectivity index (χ0) is 29.0. The van der Waals surface area contributed by atoms with Crippen LogP contribution in [0.1, 0.15) is 40.2 Å². The largest absolute Gasteiger partial charge is 0.506 e. The Morgan fingerprint density at radius 2 is 1.54 bits per heavy atom. The van der Waals surface area contributed by atoms with Crippen molar-refractivity contribution in [2.45, 2.75) is 24.7 Å². The Labute approximate surface area is 225 Å². The van der Waals surface area contributed by atoms with Gasteiger partial charge in [0, 0.05) is 23.7 Å². The van der Waals surface area contributed by atoms with Crippen molar-refractivity contribution in [3.05, 3.63) is 46.0 Å². The second-order valence-electron chi connectivity index (χ2n) is 9.19. The lowest BCUT2D eigenvalue weighted by Gasteiger charge is -2.39. The molecule has 0 saturated carbocycles. The molecular weight excluding hydrogens is 540 g/mol. The highest BCUT2D eigenvalue weighted by Gasteiger charge is 2.42. The number of hydrogen-bond donors (Lipinski definition) is 12. The number of hydrogen-bond acceptors (Lipinski definition) is 12. The molecule has 0 radical (unpaired) electrons. The second-order valence-corrected chi connectivity index (χ2v) is 9.56. The lowest BCUT2D eigenvalue weighted by Crippen LogP contribution is -2.48. The first-order valence-corrected chi connectivity index (χ1v) is 11.8. The van der Waals surface area contributed by atoms with E-state index >= 15 is 0 Å². The summed E-state index contributed by atoms with van der Waals surface area (Å²) >= 11 is 6.07. The highest BCUT2D eigenvalue weighted by molar-refractivity contribution is 6.33. The second kappa shape index (κ2) is 9.78. The molecule has 0 bridgehead atoms. The lowest BCUT2D eigenvalue weighted by atomic mass is 9.68. The maximum atomic E-state index is 11.4. The summed E-state index contributed by atoms with van der Waals surface area (Å²) in [5.74, 6) is -11.2. The number of phenolic OH excluding ortho intramolecular Hbond substituents is 5. The van der Waals surface area contributed by atoms with Crippen LogP contribution in [-0.4, -0.2) is 76.0 Å². The molecule has 13 nitrogen and oxygen atoms in total. The van der Waals surface area contributed by atoms with Crippen LogP contribution >= 0.6 is 11.6 Å². The third-order valence-electron chi connectivity index (χ3n) is 6.71. The maximum absolute atomic E-state index is 11.4. The highest BCUT2D eigenvalue weighted by atomic mass is 35.5. The molecule has 0 aromatic heterocycles. The summed E-state index contributed by atoms with van der Waals surface area (Å²) in [6.45, 7) is 1.46. The number of carboxylic acid groups (broad SMARTS) is 1. The third kappa shape index (κ3) is 4.61. The Kier molecular flexibility index (Phi) is 6.95. The number of aliphatic hydroxyl groups is 2. The maximum Gasteiger partial charge on any atom is 0.343 e. The molecule has 1 aliphatic carbocycles. The van der Waals surface area contributed by atoms with Crippen molar-refractivity contribution in [2.24, 2.45) is 0 Å². The van der Waals surface area contributed by atoms with Crippen molar-refractivity contribution in [3.8, 4) is 51.4 Å². The van der Waals surface area contributed by atoms with Crippen molar-refractivity contribution in [2.75, 3.05) is 18.4 Å². The van der Waals surface area contributed by atoms with Gasteiger partial charge in [-0.1, -0.05) is 30.7 Å². The Hall–Kier alpha value is -4.30. The molecule has 3 aromatic rings. The van der Waals surface area contributed by atoms with E-state index in [1.807, 2.05) is 0 Å². The minimum absolute atomic E-state index is 0.0353. The first-order chi connectivity index (χ1) is 18.2. The molecule has 2 atom stereocenters. The molecule has 208 valence electrons. The molecule has 3 aromatic carbocycles. The van der Waals surface area contributed by atoms with E-state index in [9.17, 15) is 55.9 Å². The smallest absolute Gasteiger partial charge is 0.343 e. The zero-order valence-electron chi connectivity index (χ0n) is 20.1. The number of aromatic hydroxyl groups is 7. The first kappa shape index (κ1) is 27.7. The van der Waals surface area contributed by atoms with Gasteiger partial charge >= 0.3 is 5.97 Å². The van der Waals surface area contributed by atoms with Gasteiger partial charge in [0.25, 0.3) is 5.91 Å². The number of anilines is 1. The molecule has 12 N–H and O–H groups in total. The Bertz CT molecular complexity index is 1490. The number of carboxylic acids is 1. The summed E-state index contributed by atoms with van der Waals surface area (Å²) in [7, 11) is 0. The fourth-order valence-electron chi connectivity index (χ4n) is 4.78. The topological polar surface area (TPSA) is 243 Å². The van der Waals surface area contributed by atoms with Gasteiger partial charge in [-0.15, -0.1) is 0 Å². The number of nitrogens with one attached hydrogen (secondary N) is 2. The Morgan fingerprint density at radius 1 is 0.897 bits per heavy atom. The van der Waals surface area contributed by atoms with Crippen LogP contribution in [-0.2, 0) is 0 Å². The van der Waals surface area contributed by atoms with Gasteiger partial charge in [-0.25, -0.2) is 4.79 Å². The highest BCUT2D eigenvalue weighted by Crippen LogP contribution is 2.59. The molecule has 4 rings (SSSR count). The number of benzene rings is 3. The molecule has 39 heavy (non-hydrogen) atoms. The summed E-state index contributed by atoms with van der Waals surface area (Å²) < 4.78 is 0. The fraction of sp³-hybridized carbons (Fsp3) is 0.240. The molecule has 0 saturated heterocycles. The first-order valence-electron chi connectivity index (χ1n) is 11.4. The van der Waals surface area contributed by atoms with Crippen LogP contribution in [0.2, 0.25) is 5.02 Å². The molecule has 14 heteroatoms. The molecule has 2 unspecified atom stereocenters. The van der Waals surface area contributed by atoms with E-state index in [1.54, 1.807) is 6.92 Å². The van der Waals surface area contributed by atoms with Crippen LogP contribution in [0.4, 0.5) is 5.69 Å². The molecule has 0 aliphatic heterocycles. The number of rotatable bonds is 8. The lowest BCUT2D eigenvalue weighted by molar-refractivity contribution is -0.131. The number of aromatic carboxylic acids is 1. The summed E-state index contributed by atoms with van der Waals surface area (Å²) in [4.78, 5) is 11.4. The molecule has 0 heterocycles.